The zero-order valence-electron chi connectivity index (χ0n) is 10.7. The van der Waals surface area contributed by atoms with Gasteiger partial charge in [-0.1, -0.05) is 0 Å². The van der Waals surface area contributed by atoms with Crippen molar-refractivity contribution in [1.82, 2.24) is 4.90 Å². The summed E-state index contributed by atoms with van der Waals surface area (Å²) in [6.45, 7) is 0. The number of amides is 1. The monoisotopic (exact) mass is 259 g/mol. The zero-order chi connectivity index (χ0) is 13.6. The number of ether oxygens (including phenoxy) is 2. The quantitative estimate of drug-likeness (QED) is 0.800. The third-order valence-electron chi connectivity index (χ3n) is 3.57. The Hall–Kier alpha value is -2.30. The van der Waals surface area contributed by atoms with E-state index in [4.69, 9.17) is 9.47 Å². The van der Waals surface area contributed by atoms with Crippen molar-refractivity contribution in [3.05, 3.63) is 35.5 Å². The Kier molecular flexibility index (Phi) is 2.55. The molecule has 0 saturated heterocycles. The van der Waals surface area contributed by atoms with Crippen molar-refractivity contribution in [2.24, 2.45) is 0 Å². The summed E-state index contributed by atoms with van der Waals surface area (Å²) in [4.78, 5) is 25.6. The third kappa shape index (κ3) is 1.54. The molecule has 98 valence electrons. The molecule has 1 aromatic carbocycles. The van der Waals surface area contributed by atoms with Gasteiger partial charge in [-0.15, -0.1) is 0 Å². The molecule has 0 N–H and O–H groups in total. The van der Waals surface area contributed by atoms with Crippen molar-refractivity contribution >= 4 is 11.7 Å². The second-order valence-electron chi connectivity index (χ2n) is 4.48. The van der Waals surface area contributed by atoms with Gasteiger partial charge in [0.15, 0.2) is 17.3 Å². The number of hydrogen-bond donors (Lipinski definition) is 0. The van der Waals surface area contributed by atoms with Gasteiger partial charge >= 0.3 is 0 Å². The minimum atomic E-state index is -0.444. The number of fused-ring (bicyclic) bond motifs is 2. The number of methoxy groups -OCH3 is 2. The lowest BCUT2D eigenvalue weighted by Crippen LogP contribution is -2.43. The molecule has 1 atom stereocenters. The van der Waals surface area contributed by atoms with Gasteiger partial charge in [0, 0.05) is 23.7 Å². The van der Waals surface area contributed by atoms with Gasteiger partial charge < -0.3 is 14.4 Å². The molecule has 0 aliphatic carbocycles. The Labute approximate surface area is 110 Å². The predicted molar refractivity (Wildman–Crippen MR) is 67.4 cm³/mol. The van der Waals surface area contributed by atoms with Crippen LogP contribution in [-0.2, 0) is 11.2 Å². The van der Waals surface area contributed by atoms with Crippen molar-refractivity contribution in [3.63, 3.8) is 0 Å². The van der Waals surface area contributed by atoms with Gasteiger partial charge in [-0.2, -0.15) is 0 Å². The van der Waals surface area contributed by atoms with Crippen LogP contribution in [0.25, 0.3) is 0 Å². The average molecular weight is 259 g/mol. The highest BCUT2D eigenvalue weighted by Crippen LogP contribution is 2.39. The minimum absolute atomic E-state index is 0.0520. The lowest BCUT2D eigenvalue weighted by atomic mass is 9.92. The molecule has 0 fully saturated rings. The Bertz CT molecular complexity index is 606. The van der Waals surface area contributed by atoms with Crippen LogP contribution in [0.3, 0.4) is 0 Å². The first-order chi connectivity index (χ1) is 9.17. The van der Waals surface area contributed by atoms with Crippen molar-refractivity contribution in [3.8, 4) is 11.5 Å². The molecule has 19 heavy (non-hydrogen) atoms. The first-order valence-electron chi connectivity index (χ1n) is 5.96. The van der Waals surface area contributed by atoms with E-state index in [9.17, 15) is 9.59 Å². The number of hydrogen-bond acceptors (Lipinski definition) is 4. The van der Waals surface area contributed by atoms with Gasteiger partial charge in [-0.25, -0.2) is 0 Å². The van der Waals surface area contributed by atoms with Crippen molar-refractivity contribution < 1.29 is 19.1 Å². The molecule has 0 radical (unpaired) electrons. The fourth-order valence-electron chi connectivity index (χ4n) is 2.64. The molecule has 0 spiro atoms. The number of carbonyl (C=O) groups is 2. The van der Waals surface area contributed by atoms with Crippen LogP contribution in [0.1, 0.15) is 15.9 Å². The molecule has 2 aliphatic heterocycles. The smallest absolute Gasteiger partial charge is 0.258 e. The van der Waals surface area contributed by atoms with Crippen molar-refractivity contribution in [1.29, 1.82) is 0 Å². The van der Waals surface area contributed by atoms with Crippen LogP contribution in [0, 0.1) is 0 Å². The van der Waals surface area contributed by atoms with E-state index >= 15 is 0 Å². The minimum Gasteiger partial charge on any atom is -0.493 e. The SMILES string of the molecule is COc1ccc2c(c1OC)C[C@@H]1C(=O)C=CN1C2=O. The van der Waals surface area contributed by atoms with Crippen LogP contribution < -0.4 is 9.47 Å². The summed E-state index contributed by atoms with van der Waals surface area (Å²) in [6.07, 6.45) is 3.44. The van der Waals surface area contributed by atoms with Crippen molar-refractivity contribution in [2.75, 3.05) is 14.2 Å². The van der Waals surface area contributed by atoms with Crippen LogP contribution in [0.2, 0.25) is 0 Å². The Morgan fingerprint density at radius 1 is 1.21 bits per heavy atom. The van der Waals surface area contributed by atoms with E-state index in [1.54, 1.807) is 25.4 Å². The highest BCUT2D eigenvalue weighted by atomic mass is 16.5. The molecule has 2 heterocycles. The van der Waals surface area contributed by atoms with E-state index in [1.165, 1.54) is 18.1 Å². The number of ketones is 1. The molecule has 0 bridgehead atoms. The van der Waals surface area contributed by atoms with Gasteiger partial charge in [0.05, 0.1) is 14.2 Å². The molecule has 0 aromatic heterocycles. The first-order valence-corrected chi connectivity index (χ1v) is 5.96. The van der Waals surface area contributed by atoms with E-state index in [0.717, 1.165) is 5.56 Å². The fourth-order valence-corrected chi connectivity index (χ4v) is 2.64. The van der Waals surface area contributed by atoms with E-state index in [2.05, 4.69) is 0 Å². The van der Waals surface area contributed by atoms with Gasteiger partial charge in [0.25, 0.3) is 5.91 Å². The van der Waals surface area contributed by atoms with Crippen LogP contribution in [0.5, 0.6) is 11.5 Å². The van der Waals surface area contributed by atoms with Crippen LogP contribution >= 0.6 is 0 Å². The molecular weight excluding hydrogens is 246 g/mol. The summed E-state index contributed by atoms with van der Waals surface area (Å²) in [6, 6.07) is 2.98. The fraction of sp³-hybridized carbons (Fsp3) is 0.286. The number of carbonyl (C=O) groups excluding carboxylic acids is 2. The molecule has 1 aromatic rings. The molecule has 0 saturated carbocycles. The van der Waals surface area contributed by atoms with Crippen molar-refractivity contribution in [2.45, 2.75) is 12.5 Å². The van der Waals surface area contributed by atoms with Crippen LogP contribution in [-0.4, -0.2) is 36.9 Å². The third-order valence-corrected chi connectivity index (χ3v) is 3.57. The number of rotatable bonds is 2. The van der Waals surface area contributed by atoms with Gasteiger partial charge in [-0.3, -0.25) is 9.59 Å². The highest BCUT2D eigenvalue weighted by molar-refractivity contribution is 6.07. The summed E-state index contributed by atoms with van der Waals surface area (Å²) in [5.41, 5.74) is 1.30. The lowest BCUT2D eigenvalue weighted by molar-refractivity contribution is -0.117. The lowest BCUT2D eigenvalue weighted by Gasteiger charge is -2.30. The number of nitrogens with zero attached hydrogens (tertiary/aromatic N) is 1. The molecule has 3 rings (SSSR count). The van der Waals surface area contributed by atoms with E-state index < -0.39 is 6.04 Å². The largest absolute Gasteiger partial charge is 0.493 e. The molecule has 5 heteroatoms. The second-order valence-corrected chi connectivity index (χ2v) is 4.48. The molecular formula is C14H13NO4. The average Bonchev–Trinajstić information content (AvgIpc) is 2.80. The van der Waals surface area contributed by atoms with Gasteiger partial charge in [-0.05, 0) is 18.2 Å². The summed E-state index contributed by atoms with van der Waals surface area (Å²) in [7, 11) is 3.08. The summed E-state index contributed by atoms with van der Waals surface area (Å²) in [5, 5.41) is 0. The highest BCUT2D eigenvalue weighted by Gasteiger charge is 2.39. The summed E-state index contributed by atoms with van der Waals surface area (Å²) < 4.78 is 10.6. The topological polar surface area (TPSA) is 55.8 Å². The summed E-state index contributed by atoms with van der Waals surface area (Å²) >= 11 is 0. The first kappa shape index (κ1) is 11.8. The summed E-state index contributed by atoms with van der Waals surface area (Å²) in [5.74, 6) is 0.881. The van der Waals surface area contributed by atoms with Gasteiger partial charge in [0.1, 0.15) is 6.04 Å². The Morgan fingerprint density at radius 2 is 2.00 bits per heavy atom. The molecule has 2 aliphatic rings. The predicted octanol–water partition coefficient (Wildman–Crippen LogP) is 1.17. The zero-order valence-corrected chi connectivity index (χ0v) is 10.7. The standard InChI is InChI=1S/C14H13NO4/c1-18-12-4-3-8-9(13(12)19-2)7-10-11(16)5-6-15(10)14(8)17/h3-6,10H,7H2,1-2H3/t10-/m1/s1. The second kappa shape index (κ2) is 4.12. The van der Waals surface area contributed by atoms with E-state index in [1.807, 2.05) is 0 Å². The Morgan fingerprint density at radius 3 is 2.68 bits per heavy atom. The maximum atomic E-state index is 12.3. The maximum absolute atomic E-state index is 12.3. The van der Waals surface area contributed by atoms with Crippen LogP contribution in [0.15, 0.2) is 24.4 Å². The van der Waals surface area contributed by atoms with Crippen LogP contribution in [0.4, 0.5) is 0 Å². The Balaban J connectivity index is 2.16. The van der Waals surface area contributed by atoms with E-state index in [0.29, 0.717) is 23.5 Å². The molecule has 0 unspecified atom stereocenters. The van der Waals surface area contributed by atoms with E-state index in [-0.39, 0.29) is 11.7 Å². The van der Waals surface area contributed by atoms with Gasteiger partial charge in [0.2, 0.25) is 0 Å². The maximum Gasteiger partial charge on any atom is 0.258 e. The normalized spacial score (nSPS) is 20.3. The molecule has 1 amide bonds. The number of benzene rings is 1. The molecule has 5 nitrogen and oxygen atoms in total.